The van der Waals surface area contributed by atoms with Crippen molar-refractivity contribution in [3.63, 3.8) is 0 Å². The second-order valence-electron chi connectivity index (χ2n) is 0.408. The molecule has 54 valence electrons. The molecule has 0 aliphatic heterocycles. The SMILES string of the molecule is O=S(=O)([O-])[O-].[NH2-].[NH2-].[Pt+4]. The van der Waals surface area contributed by atoms with Gasteiger partial charge in [-0.3, -0.25) is 8.42 Å². The Morgan fingerprint density at radius 3 is 1.00 bits per heavy atom. The average Bonchev–Trinajstić information content (AvgIpc) is 0.722. The molecule has 0 heterocycles. The zero-order valence-electron chi connectivity index (χ0n) is 3.51. The van der Waals surface area contributed by atoms with Crippen LogP contribution in [0.1, 0.15) is 0 Å². The van der Waals surface area contributed by atoms with E-state index in [9.17, 15) is 0 Å². The van der Waals surface area contributed by atoms with Crippen molar-refractivity contribution in [3.8, 4) is 0 Å². The Hall–Kier alpha value is 0.478. The molecular weight excluding hydrogens is 319 g/mol. The van der Waals surface area contributed by atoms with Crippen LogP contribution in [0.25, 0.3) is 12.3 Å². The van der Waals surface area contributed by atoms with Gasteiger partial charge in [-0.1, -0.05) is 0 Å². The van der Waals surface area contributed by atoms with Gasteiger partial charge in [0.15, 0.2) is 0 Å². The van der Waals surface area contributed by atoms with Crippen LogP contribution in [0.5, 0.6) is 0 Å². The van der Waals surface area contributed by atoms with Gasteiger partial charge in [0.25, 0.3) is 0 Å². The summed E-state index contributed by atoms with van der Waals surface area (Å²) in [6, 6.07) is 0. The van der Waals surface area contributed by atoms with Crippen molar-refractivity contribution >= 4 is 10.4 Å². The van der Waals surface area contributed by atoms with E-state index in [4.69, 9.17) is 17.5 Å². The first-order valence-electron chi connectivity index (χ1n) is 0.667. The van der Waals surface area contributed by atoms with Gasteiger partial charge >= 0.3 is 21.1 Å². The maximum absolute atomic E-state index is 8.52. The third-order valence-corrected chi connectivity index (χ3v) is 0. The van der Waals surface area contributed by atoms with Crippen molar-refractivity contribution in [1.29, 1.82) is 0 Å². The maximum atomic E-state index is 8.52. The van der Waals surface area contributed by atoms with Gasteiger partial charge < -0.3 is 21.4 Å². The summed E-state index contributed by atoms with van der Waals surface area (Å²) in [7, 11) is -5.17. The van der Waals surface area contributed by atoms with Gasteiger partial charge in [0.1, 0.15) is 0 Å². The Bertz CT molecular complexity index is 97.2. The molecule has 0 aliphatic carbocycles. The number of hydrogen-bond donors (Lipinski definition) is 0. The van der Waals surface area contributed by atoms with E-state index in [0.717, 1.165) is 0 Å². The van der Waals surface area contributed by atoms with Crippen molar-refractivity contribution in [3.05, 3.63) is 12.3 Å². The first-order valence-corrected chi connectivity index (χ1v) is 2.00. The molecule has 0 saturated carbocycles. The van der Waals surface area contributed by atoms with Crippen LogP contribution >= 0.6 is 0 Å². The van der Waals surface area contributed by atoms with Crippen LogP contribution in [-0.2, 0) is 31.5 Å². The molecule has 0 amide bonds. The van der Waals surface area contributed by atoms with Crippen molar-refractivity contribution in [1.82, 2.24) is 0 Å². The Balaban J connectivity index is -0.0000000267. The van der Waals surface area contributed by atoms with Crippen LogP contribution in [0.3, 0.4) is 0 Å². The summed E-state index contributed by atoms with van der Waals surface area (Å²) in [4.78, 5) is 0. The zero-order chi connectivity index (χ0) is 4.50. The van der Waals surface area contributed by atoms with Gasteiger partial charge in [-0.05, 0) is 0 Å². The molecule has 0 aliphatic rings. The molecule has 0 fully saturated rings. The van der Waals surface area contributed by atoms with E-state index in [0.29, 0.717) is 0 Å². The fraction of sp³-hybridized carbons (Fsp3) is 0. The third kappa shape index (κ3) is 850. The predicted octanol–water partition coefficient (Wildman–Crippen LogP) is 0.0937. The number of rotatable bonds is 0. The monoisotopic (exact) mass is 323 g/mol. The van der Waals surface area contributed by atoms with Crippen molar-refractivity contribution in [2.75, 3.05) is 0 Å². The molecule has 4 N–H and O–H groups in total. The van der Waals surface area contributed by atoms with E-state index in [1.165, 1.54) is 0 Å². The van der Waals surface area contributed by atoms with Crippen LogP contribution in [0.15, 0.2) is 0 Å². The fourth-order valence-electron chi connectivity index (χ4n) is 0. The van der Waals surface area contributed by atoms with Gasteiger partial charge in [0.2, 0.25) is 0 Å². The summed E-state index contributed by atoms with van der Waals surface area (Å²) < 4.78 is 34.1. The summed E-state index contributed by atoms with van der Waals surface area (Å²) in [5.41, 5.74) is 0. The van der Waals surface area contributed by atoms with Crippen LogP contribution in [0.2, 0.25) is 0 Å². The second kappa shape index (κ2) is 7.48. The number of hydrogen-bond acceptors (Lipinski definition) is 4. The van der Waals surface area contributed by atoms with Crippen molar-refractivity contribution in [2.24, 2.45) is 0 Å². The smallest absolute Gasteiger partial charge is 0.759 e. The molecule has 0 rings (SSSR count). The molecule has 0 saturated heterocycles. The summed E-state index contributed by atoms with van der Waals surface area (Å²) >= 11 is 0. The molecule has 0 bridgehead atoms. The maximum Gasteiger partial charge on any atom is 4.00 e. The van der Waals surface area contributed by atoms with Crippen molar-refractivity contribution in [2.45, 2.75) is 0 Å². The van der Waals surface area contributed by atoms with Gasteiger partial charge in [-0.2, -0.15) is 0 Å². The van der Waals surface area contributed by atoms with Gasteiger partial charge in [0, 0.05) is 10.4 Å². The third-order valence-electron chi connectivity index (χ3n) is 0. The molecule has 0 aromatic rings. The molecule has 0 aromatic heterocycles. The molecule has 0 aromatic carbocycles. The van der Waals surface area contributed by atoms with Crippen LogP contribution in [0, 0.1) is 0 Å². The molecule has 0 unspecified atom stereocenters. The summed E-state index contributed by atoms with van der Waals surface area (Å²) in [5.74, 6) is 0. The molecule has 0 spiro atoms. The van der Waals surface area contributed by atoms with Gasteiger partial charge in [0.05, 0.1) is 0 Å². The molecule has 8 heteroatoms. The summed E-state index contributed by atoms with van der Waals surface area (Å²) in [5, 5.41) is 0. The van der Waals surface area contributed by atoms with Crippen molar-refractivity contribution < 1.29 is 38.6 Å². The first kappa shape index (κ1) is 23.6. The molecule has 8 heavy (non-hydrogen) atoms. The average molecular weight is 323 g/mol. The minimum absolute atomic E-state index is 0. The van der Waals surface area contributed by atoms with Gasteiger partial charge in [-0.25, -0.2) is 0 Å². The molecular formula is H4N2O4PtS. The van der Waals surface area contributed by atoms with Gasteiger partial charge in [-0.15, -0.1) is 0 Å². The quantitative estimate of drug-likeness (QED) is 0.459. The Labute approximate surface area is 61.7 Å². The summed E-state index contributed by atoms with van der Waals surface area (Å²) in [6.07, 6.45) is 0. The van der Waals surface area contributed by atoms with E-state index in [2.05, 4.69) is 0 Å². The fourth-order valence-corrected chi connectivity index (χ4v) is 0. The molecule has 0 radical (unpaired) electrons. The van der Waals surface area contributed by atoms with Crippen LogP contribution in [0.4, 0.5) is 0 Å². The zero-order valence-corrected chi connectivity index (χ0v) is 6.60. The minimum atomic E-state index is -5.17. The van der Waals surface area contributed by atoms with E-state index in [1.54, 1.807) is 0 Å². The first-order chi connectivity index (χ1) is 2.00. The Kier molecular flexibility index (Phi) is 22.1. The second-order valence-corrected chi connectivity index (χ2v) is 1.22. The minimum Gasteiger partial charge on any atom is -0.759 e. The molecule has 0 atom stereocenters. The largest absolute Gasteiger partial charge is 4.00 e. The Morgan fingerprint density at radius 1 is 1.00 bits per heavy atom. The van der Waals surface area contributed by atoms with Crippen LogP contribution in [-0.4, -0.2) is 17.5 Å². The van der Waals surface area contributed by atoms with E-state index in [1.807, 2.05) is 0 Å². The summed E-state index contributed by atoms with van der Waals surface area (Å²) in [6.45, 7) is 0. The predicted molar refractivity (Wildman–Crippen MR) is 21.0 cm³/mol. The van der Waals surface area contributed by atoms with E-state index in [-0.39, 0.29) is 33.4 Å². The van der Waals surface area contributed by atoms with E-state index >= 15 is 0 Å². The van der Waals surface area contributed by atoms with E-state index < -0.39 is 10.4 Å². The van der Waals surface area contributed by atoms with Crippen LogP contribution < -0.4 is 0 Å². The Morgan fingerprint density at radius 2 is 1.00 bits per heavy atom. The topological polar surface area (TPSA) is 147 Å². The molecule has 6 nitrogen and oxygen atoms in total. The normalized spacial score (nSPS) is 7.25. The standard InChI is InChI=1S/2H2N.H2O4S.Pt/c;;1-5(2,3)4;/h2*1H2;(H2,1,2,3,4);/q2*-1;;+4/p-2. The number of nitrogens with two attached hydrogens (primary N) is 2.